The van der Waals surface area contributed by atoms with Crippen molar-refractivity contribution in [3.8, 4) is 11.4 Å². The summed E-state index contributed by atoms with van der Waals surface area (Å²) in [7, 11) is 0. The second kappa shape index (κ2) is 9.25. The number of hydrogen-bond acceptors (Lipinski definition) is 7. The Kier molecular flexibility index (Phi) is 6.07. The Morgan fingerprint density at radius 1 is 1.09 bits per heavy atom. The molecule has 32 heavy (non-hydrogen) atoms. The number of benzene rings is 2. The van der Waals surface area contributed by atoms with E-state index < -0.39 is 4.92 Å². The number of nitro benzene ring substituents is 1. The summed E-state index contributed by atoms with van der Waals surface area (Å²) in [5.41, 5.74) is 1.58. The lowest BCUT2D eigenvalue weighted by atomic mass is 10.1. The summed E-state index contributed by atoms with van der Waals surface area (Å²) in [6.07, 6.45) is 1.80. The van der Waals surface area contributed by atoms with E-state index in [1.165, 1.54) is 18.4 Å². The first kappa shape index (κ1) is 21.0. The monoisotopic (exact) mass is 432 g/mol. The maximum atomic E-state index is 13.1. The number of amides is 1. The Balaban J connectivity index is 1.51. The molecule has 0 spiro atoms. The van der Waals surface area contributed by atoms with E-state index in [2.05, 4.69) is 10.1 Å². The molecule has 4 rings (SSSR count). The molecule has 0 radical (unpaired) electrons. The second-order valence-electron chi connectivity index (χ2n) is 7.13. The lowest BCUT2D eigenvalue weighted by Crippen LogP contribution is -2.35. The highest BCUT2D eigenvalue weighted by Crippen LogP contribution is 2.24. The highest BCUT2D eigenvalue weighted by molar-refractivity contribution is 5.91. The van der Waals surface area contributed by atoms with E-state index in [1.807, 2.05) is 37.3 Å². The SMILES string of the molecule is CC(c1ccccc1)N(CCc1nc(-c2ccc([N+](=O)[O-])cc2)no1)C(=O)c1ccco1. The van der Waals surface area contributed by atoms with Gasteiger partial charge in [0.25, 0.3) is 11.6 Å². The van der Waals surface area contributed by atoms with Crippen LogP contribution in [0.1, 0.15) is 35.0 Å². The number of rotatable bonds is 8. The molecular weight excluding hydrogens is 412 g/mol. The number of carbonyl (C=O) groups is 1. The Bertz CT molecular complexity index is 1190. The van der Waals surface area contributed by atoms with Gasteiger partial charge in [-0.25, -0.2) is 0 Å². The Labute approximate surface area is 183 Å². The van der Waals surface area contributed by atoms with Crippen LogP contribution in [-0.2, 0) is 6.42 Å². The van der Waals surface area contributed by atoms with Gasteiger partial charge in [0.15, 0.2) is 5.76 Å². The van der Waals surface area contributed by atoms with Crippen LogP contribution in [0.3, 0.4) is 0 Å². The third kappa shape index (κ3) is 4.56. The van der Waals surface area contributed by atoms with Gasteiger partial charge in [-0.2, -0.15) is 4.98 Å². The quantitative estimate of drug-likeness (QED) is 0.293. The molecule has 1 amide bonds. The molecule has 2 aromatic heterocycles. The standard InChI is InChI=1S/C23H20N4O5/c1-16(17-6-3-2-4-7-17)26(23(28)20-8-5-15-31-20)14-13-21-24-22(25-32-21)18-9-11-19(12-10-18)27(29)30/h2-12,15-16H,13-14H2,1H3. The molecule has 0 saturated carbocycles. The maximum Gasteiger partial charge on any atom is 0.290 e. The topological polar surface area (TPSA) is 116 Å². The first-order valence-electron chi connectivity index (χ1n) is 10.00. The van der Waals surface area contributed by atoms with Gasteiger partial charge >= 0.3 is 0 Å². The summed E-state index contributed by atoms with van der Waals surface area (Å²) >= 11 is 0. The largest absolute Gasteiger partial charge is 0.459 e. The van der Waals surface area contributed by atoms with Gasteiger partial charge in [-0.05, 0) is 36.8 Å². The van der Waals surface area contributed by atoms with Crippen LogP contribution in [-0.4, -0.2) is 32.4 Å². The average molecular weight is 432 g/mol. The Hall–Kier alpha value is -4.27. The molecule has 0 saturated heterocycles. The molecule has 162 valence electrons. The molecule has 4 aromatic rings. The highest BCUT2D eigenvalue weighted by Gasteiger charge is 2.25. The third-order valence-corrected chi connectivity index (χ3v) is 5.11. The Morgan fingerprint density at radius 3 is 2.50 bits per heavy atom. The number of carbonyl (C=O) groups excluding carboxylic acids is 1. The number of hydrogen-bond donors (Lipinski definition) is 0. The van der Waals surface area contributed by atoms with Gasteiger partial charge < -0.3 is 13.8 Å². The molecule has 0 aliphatic carbocycles. The zero-order chi connectivity index (χ0) is 22.5. The van der Waals surface area contributed by atoms with E-state index in [-0.39, 0.29) is 23.4 Å². The van der Waals surface area contributed by atoms with Gasteiger partial charge in [-0.1, -0.05) is 35.5 Å². The zero-order valence-electron chi connectivity index (χ0n) is 17.2. The summed E-state index contributed by atoms with van der Waals surface area (Å²) in [5, 5.41) is 14.8. The van der Waals surface area contributed by atoms with Gasteiger partial charge in [0.1, 0.15) is 0 Å². The fourth-order valence-electron chi connectivity index (χ4n) is 3.35. The van der Waals surface area contributed by atoms with E-state index >= 15 is 0 Å². The van der Waals surface area contributed by atoms with E-state index in [0.29, 0.717) is 30.2 Å². The zero-order valence-corrected chi connectivity index (χ0v) is 17.2. The predicted molar refractivity (Wildman–Crippen MR) is 115 cm³/mol. The lowest BCUT2D eigenvalue weighted by molar-refractivity contribution is -0.384. The van der Waals surface area contributed by atoms with Crippen LogP contribution in [0.25, 0.3) is 11.4 Å². The van der Waals surface area contributed by atoms with Gasteiger partial charge in [-0.15, -0.1) is 0 Å². The van der Waals surface area contributed by atoms with Crippen molar-refractivity contribution in [1.82, 2.24) is 15.0 Å². The van der Waals surface area contributed by atoms with E-state index in [9.17, 15) is 14.9 Å². The van der Waals surface area contributed by atoms with Crippen LogP contribution in [0.4, 0.5) is 5.69 Å². The van der Waals surface area contributed by atoms with E-state index in [1.54, 1.807) is 29.2 Å². The predicted octanol–water partition coefficient (Wildman–Crippen LogP) is 4.68. The third-order valence-electron chi connectivity index (χ3n) is 5.11. The minimum absolute atomic E-state index is 0.0144. The van der Waals surface area contributed by atoms with Crippen molar-refractivity contribution in [1.29, 1.82) is 0 Å². The van der Waals surface area contributed by atoms with Crippen LogP contribution < -0.4 is 0 Å². The van der Waals surface area contributed by atoms with Crippen LogP contribution in [0.5, 0.6) is 0 Å². The summed E-state index contributed by atoms with van der Waals surface area (Å²) in [6.45, 7) is 2.28. The van der Waals surface area contributed by atoms with Crippen molar-refractivity contribution in [2.75, 3.05) is 6.54 Å². The second-order valence-corrected chi connectivity index (χ2v) is 7.13. The van der Waals surface area contributed by atoms with Crippen molar-refractivity contribution in [3.63, 3.8) is 0 Å². The summed E-state index contributed by atoms with van der Waals surface area (Å²) in [5.74, 6) is 0.706. The molecule has 9 nitrogen and oxygen atoms in total. The maximum absolute atomic E-state index is 13.1. The smallest absolute Gasteiger partial charge is 0.290 e. The van der Waals surface area contributed by atoms with Gasteiger partial charge in [-0.3, -0.25) is 14.9 Å². The number of nitro groups is 1. The summed E-state index contributed by atoms with van der Waals surface area (Å²) < 4.78 is 10.7. The number of aromatic nitrogens is 2. The fraction of sp³-hybridized carbons (Fsp3) is 0.174. The van der Waals surface area contributed by atoms with Crippen LogP contribution in [0, 0.1) is 10.1 Å². The van der Waals surface area contributed by atoms with Crippen molar-refractivity contribution in [2.24, 2.45) is 0 Å². The van der Waals surface area contributed by atoms with Crippen molar-refractivity contribution in [3.05, 3.63) is 100 Å². The van der Waals surface area contributed by atoms with E-state index in [0.717, 1.165) is 5.56 Å². The van der Waals surface area contributed by atoms with Crippen LogP contribution >= 0.6 is 0 Å². The molecule has 0 bridgehead atoms. The van der Waals surface area contributed by atoms with Crippen molar-refractivity contribution >= 4 is 11.6 Å². The van der Waals surface area contributed by atoms with Gasteiger partial charge in [0.2, 0.25) is 11.7 Å². The number of non-ortho nitro benzene ring substituents is 1. The molecule has 0 aliphatic rings. The fourth-order valence-corrected chi connectivity index (χ4v) is 3.35. The molecule has 1 unspecified atom stereocenters. The molecule has 1 atom stereocenters. The van der Waals surface area contributed by atoms with E-state index in [4.69, 9.17) is 8.94 Å². The first-order chi connectivity index (χ1) is 15.5. The average Bonchev–Trinajstić information content (AvgIpc) is 3.52. The van der Waals surface area contributed by atoms with Crippen LogP contribution in [0.15, 0.2) is 81.9 Å². The normalized spacial score (nSPS) is 11.8. The minimum atomic E-state index is -0.468. The highest BCUT2D eigenvalue weighted by atomic mass is 16.6. The molecule has 0 fully saturated rings. The van der Waals surface area contributed by atoms with Crippen molar-refractivity contribution in [2.45, 2.75) is 19.4 Å². The Morgan fingerprint density at radius 2 is 1.84 bits per heavy atom. The summed E-state index contributed by atoms with van der Waals surface area (Å²) in [4.78, 5) is 29.5. The molecule has 0 aliphatic heterocycles. The van der Waals surface area contributed by atoms with Crippen molar-refractivity contribution < 1.29 is 18.7 Å². The van der Waals surface area contributed by atoms with Gasteiger partial charge in [0, 0.05) is 30.7 Å². The number of nitrogens with zero attached hydrogens (tertiary/aromatic N) is 4. The van der Waals surface area contributed by atoms with Gasteiger partial charge in [0.05, 0.1) is 17.2 Å². The number of furan rings is 1. The lowest BCUT2D eigenvalue weighted by Gasteiger charge is -2.28. The summed E-state index contributed by atoms with van der Waals surface area (Å²) in [6, 6.07) is 18.7. The minimum Gasteiger partial charge on any atom is -0.459 e. The molecule has 0 N–H and O–H groups in total. The first-order valence-corrected chi connectivity index (χ1v) is 10.00. The molecule has 2 heterocycles. The molecule has 9 heteroatoms. The van der Waals surface area contributed by atoms with Crippen LogP contribution in [0.2, 0.25) is 0 Å². The molecular formula is C23H20N4O5. The molecule has 2 aromatic carbocycles.